The molecule has 0 aliphatic carbocycles. The molecule has 0 bridgehead atoms. The molecule has 0 saturated carbocycles. The third kappa shape index (κ3) is 4.94. The van der Waals surface area contributed by atoms with Crippen LogP contribution in [0.15, 0.2) is 33.9 Å². The van der Waals surface area contributed by atoms with Crippen LogP contribution in [0.4, 0.5) is 5.69 Å². The maximum atomic E-state index is 12.3. The molecule has 2 aromatic carbocycles. The zero-order chi connectivity index (χ0) is 25.2. The molecular formula is C19H21N4O10P. The van der Waals surface area contributed by atoms with E-state index in [1.54, 1.807) is 0 Å². The van der Waals surface area contributed by atoms with Crippen molar-refractivity contribution in [3.05, 3.63) is 66.2 Å². The number of methoxy groups -OCH3 is 3. The zero-order valence-electron chi connectivity index (χ0n) is 18.1. The van der Waals surface area contributed by atoms with Crippen LogP contribution in [0.3, 0.4) is 0 Å². The minimum absolute atomic E-state index is 0.0175. The van der Waals surface area contributed by atoms with Crippen LogP contribution in [0, 0.1) is 10.1 Å². The van der Waals surface area contributed by atoms with Gasteiger partial charge >= 0.3 is 18.7 Å². The van der Waals surface area contributed by atoms with Gasteiger partial charge in [0.25, 0.3) is 5.69 Å². The smallest absolute Gasteiger partial charge is 0.346 e. The summed E-state index contributed by atoms with van der Waals surface area (Å²) in [4.78, 5) is 58.7. The number of hydrogen-bond acceptors (Lipinski definition) is 9. The van der Waals surface area contributed by atoms with E-state index < -0.39 is 35.1 Å². The number of nitrogens with zero attached hydrogens (tertiary/aromatic N) is 1. The summed E-state index contributed by atoms with van der Waals surface area (Å²) >= 11 is 0. The number of nitro groups is 1. The van der Waals surface area contributed by atoms with Gasteiger partial charge in [-0.15, -0.1) is 0 Å². The van der Waals surface area contributed by atoms with Crippen LogP contribution in [-0.4, -0.2) is 46.0 Å². The number of H-pyrrole nitrogens is 2. The van der Waals surface area contributed by atoms with Gasteiger partial charge in [0.15, 0.2) is 11.5 Å². The van der Waals surface area contributed by atoms with Gasteiger partial charge in [0.05, 0.1) is 37.3 Å². The number of rotatable bonds is 9. The van der Waals surface area contributed by atoms with Crippen molar-refractivity contribution in [2.24, 2.45) is 0 Å². The maximum absolute atomic E-state index is 12.3. The Balaban J connectivity index is 2.11. The number of nitro benzene ring substituents is 1. The number of hydrogen-bond donors (Lipinski definition) is 5. The summed E-state index contributed by atoms with van der Waals surface area (Å²) in [5.41, 5.74) is -2.14. The van der Waals surface area contributed by atoms with Crippen LogP contribution in [0.5, 0.6) is 17.2 Å². The summed E-state index contributed by atoms with van der Waals surface area (Å²) in [6.07, 6.45) is 0. The molecule has 0 saturated heterocycles. The molecule has 0 aliphatic heterocycles. The van der Waals surface area contributed by atoms with Crippen molar-refractivity contribution in [2.45, 2.75) is 12.3 Å². The minimum atomic E-state index is -4.85. The van der Waals surface area contributed by atoms with Gasteiger partial charge in [-0.3, -0.25) is 29.6 Å². The average Bonchev–Trinajstić information content (AvgIpc) is 2.78. The Morgan fingerprint density at radius 1 is 1.03 bits per heavy atom. The van der Waals surface area contributed by atoms with E-state index in [1.165, 1.54) is 33.5 Å². The largest absolute Gasteiger partial charge is 0.493 e. The van der Waals surface area contributed by atoms with E-state index in [-0.39, 0.29) is 46.0 Å². The first-order chi connectivity index (χ1) is 16.0. The van der Waals surface area contributed by atoms with E-state index in [2.05, 4.69) is 15.3 Å². The lowest BCUT2D eigenvalue weighted by molar-refractivity contribution is -0.384. The highest BCUT2D eigenvalue weighted by Gasteiger charge is 2.32. The van der Waals surface area contributed by atoms with Crippen molar-refractivity contribution in [3.8, 4) is 17.2 Å². The predicted molar refractivity (Wildman–Crippen MR) is 120 cm³/mol. The molecule has 1 aromatic heterocycles. The lowest BCUT2D eigenvalue weighted by atomic mass is 10.1. The molecule has 182 valence electrons. The highest BCUT2D eigenvalue weighted by atomic mass is 31.2. The van der Waals surface area contributed by atoms with E-state index in [0.29, 0.717) is 0 Å². The van der Waals surface area contributed by atoms with Crippen LogP contribution in [0.2, 0.25) is 0 Å². The Morgan fingerprint density at radius 2 is 1.62 bits per heavy atom. The molecule has 0 aliphatic rings. The summed E-state index contributed by atoms with van der Waals surface area (Å²) < 4.78 is 28.0. The number of nitrogens with one attached hydrogen (secondary N) is 3. The monoisotopic (exact) mass is 496 g/mol. The predicted octanol–water partition coefficient (Wildman–Crippen LogP) is 1.12. The average molecular weight is 496 g/mol. The second kappa shape index (κ2) is 9.65. The van der Waals surface area contributed by atoms with Gasteiger partial charge in [-0.2, -0.15) is 0 Å². The fourth-order valence-electron chi connectivity index (χ4n) is 3.42. The Morgan fingerprint density at radius 3 is 2.12 bits per heavy atom. The quantitative estimate of drug-likeness (QED) is 0.123. The number of aromatic amines is 2. The molecule has 0 spiro atoms. The number of ether oxygens (including phenoxy) is 3. The molecule has 1 heterocycles. The van der Waals surface area contributed by atoms with Crippen molar-refractivity contribution in [1.82, 2.24) is 15.3 Å². The van der Waals surface area contributed by atoms with Gasteiger partial charge in [-0.25, -0.2) is 0 Å². The normalized spacial score (nSPS) is 12.4. The highest BCUT2D eigenvalue weighted by molar-refractivity contribution is 7.52. The van der Waals surface area contributed by atoms with Crippen molar-refractivity contribution < 1.29 is 33.5 Å². The molecule has 3 aromatic rings. The molecule has 15 heteroatoms. The summed E-state index contributed by atoms with van der Waals surface area (Å²) in [7, 11) is -0.801. The van der Waals surface area contributed by atoms with E-state index in [9.17, 15) is 34.1 Å². The topological polar surface area (TPSA) is 206 Å². The molecule has 34 heavy (non-hydrogen) atoms. The lowest BCUT2D eigenvalue weighted by Crippen LogP contribution is -2.29. The highest BCUT2D eigenvalue weighted by Crippen LogP contribution is 2.52. The van der Waals surface area contributed by atoms with Gasteiger partial charge in [-0.1, -0.05) is 0 Å². The minimum Gasteiger partial charge on any atom is -0.493 e. The third-order valence-corrected chi connectivity index (χ3v) is 6.09. The summed E-state index contributed by atoms with van der Waals surface area (Å²) in [5, 5.41) is 14.0. The van der Waals surface area contributed by atoms with Crippen molar-refractivity contribution >= 4 is 24.3 Å². The summed E-state index contributed by atoms with van der Waals surface area (Å²) in [5.74, 6) is -1.07. The third-order valence-electron chi connectivity index (χ3n) is 4.93. The molecule has 0 fully saturated rings. The van der Waals surface area contributed by atoms with Crippen molar-refractivity contribution in [3.63, 3.8) is 0 Å². The SMILES string of the molecule is COc1cc(C(NCc2cc([N+](=O)[O-])cc3[nH]c(=O)c(=O)[nH]c23)P(=O)(O)O)cc(OC)c1OC. The molecule has 0 radical (unpaired) electrons. The van der Waals surface area contributed by atoms with Crippen molar-refractivity contribution in [1.29, 1.82) is 0 Å². The zero-order valence-corrected chi connectivity index (χ0v) is 19.0. The Bertz CT molecular complexity index is 1390. The number of fused-ring (bicyclic) bond motifs is 1. The van der Waals surface area contributed by atoms with Crippen LogP contribution < -0.4 is 30.6 Å². The fourth-order valence-corrected chi connectivity index (χ4v) is 4.29. The first-order valence-corrected chi connectivity index (χ1v) is 11.2. The molecule has 5 N–H and O–H groups in total. The van der Waals surface area contributed by atoms with Gasteiger partial charge in [-0.05, 0) is 23.3 Å². The Kier molecular flexibility index (Phi) is 7.07. The maximum Gasteiger partial charge on any atom is 0.346 e. The van der Waals surface area contributed by atoms with Crippen LogP contribution in [-0.2, 0) is 11.1 Å². The first kappa shape index (κ1) is 24.9. The summed E-state index contributed by atoms with van der Waals surface area (Å²) in [6.45, 7) is -0.327. The van der Waals surface area contributed by atoms with Crippen LogP contribution in [0.1, 0.15) is 16.9 Å². The van der Waals surface area contributed by atoms with Gasteiger partial charge < -0.3 is 34.0 Å². The van der Waals surface area contributed by atoms with E-state index in [1.807, 2.05) is 0 Å². The van der Waals surface area contributed by atoms with Gasteiger partial charge in [0.1, 0.15) is 5.78 Å². The number of benzene rings is 2. The van der Waals surface area contributed by atoms with E-state index >= 15 is 0 Å². The summed E-state index contributed by atoms with van der Waals surface area (Å²) in [6, 6.07) is 4.89. The van der Waals surface area contributed by atoms with E-state index in [4.69, 9.17) is 14.2 Å². The second-order valence-electron chi connectivity index (χ2n) is 7.02. The lowest BCUT2D eigenvalue weighted by Gasteiger charge is -2.23. The molecule has 1 atom stereocenters. The van der Waals surface area contributed by atoms with Crippen LogP contribution in [0.25, 0.3) is 11.0 Å². The van der Waals surface area contributed by atoms with E-state index in [0.717, 1.165) is 12.1 Å². The molecular weight excluding hydrogens is 475 g/mol. The Labute approximate surface area is 190 Å². The molecule has 14 nitrogen and oxygen atoms in total. The number of aromatic nitrogens is 2. The van der Waals surface area contributed by atoms with Gasteiger partial charge in [0, 0.05) is 18.7 Å². The first-order valence-electron chi connectivity index (χ1n) is 9.52. The second-order valence-corrected chi connectivity index (χ2v) is 8.72. The van der Waals surface area contributed by atoms with Crippen LogP contribution >= 0.6 is 7.60 Å². The van der Waals surface area contributed by atoms with Gasteiger partial charge in [0.2, 0.25) is 5.75 Å². The fraction of sp³-hybridized carbons (Fsp3) is 0.263. The number of non-ortho nitro benzene ring substituents is 1. The standard InChI is InChI=1S/C19H21N4O10P/c1-31-13-5-9(6-14(32-2)16(13)33-3)19(34(28,29)30)20-8-10-4-11(23(26)27)7-12-15(10)22-18(25)17(24)21-12/h4-7,19-20H,8H2,1-3H3,(H,21,24)(H,22,25)(H2,28,29,30). The Hall–Kier alpha value is -3.71. The molecule has 3 rings (SSSR count). The molecule has 0 amide bonds. The van der Waals surface area contributed by atoms with Crippen molar-refractivity contribution in [2.75, 3.05) is 21.3 Å². The molecule has 1 unspecified atom stereocenters.